The zero-order valence-electron chi connectivity index (χ0n) is 11.1. The molecule has 96 valence electrons. The molecular formula is C15H20N2O. The highest BCUT2D eigenvalue weighted by atomic mass is 16.5. The lowest BCUT2D eigenvalue weighted by atomic mass is 9.96. The van der Waals surface area contributed by atoms with Crippen molar-refractivity contribution in [1.82, 2.24) is 9.88 Å². The molecule has 1 aliphatic heterocycles. The second-order valence-electron chi connectivity index (χ2n) is 5.10. The molecule has 1 N–H and O–H groups in total. The van der Waals surface area contributed by atoms with Crippen molar-refractivity contribution in [2.75, 3.05) is 20.2 Å². The van der Waals surface area contributed by atoms with E-state index < -0.39 is 0 Å². The lowest BCUT2D eigenvalue weighted by molar-refractivity contribution is 0.415. The van der Waals surface area contributed by atoms with Gasteiger partial charge in [0.1, 0.15) is 5.75 Å². The highest BCUT2D eigenvalue weighted by molar-refractivity contribution is 5.83. The lowest BCUT2D eigenvalue weighted by Gasteiger charge is -2.23. The number of hydrogen-bond acceptors (Lipinski definition) is 2. The van der Waals surface area contributed by atoms with Crippen LogP contribution in [-0.2, 0) is 7.05 Å². The monoisotopic (exact) mass is 244 g/mol. The van der Waals surface area contributed by atoms with Gasteiger partial charge in [-0.1, -0.05) is 0 Å². The Bertz CT molecular complexity index is 553. The van der Waals surface area contributed by atoms with Crippen molar-refractivity contribution < 1.29 is 4.74 Å². The highest BCUT2D eigenvalue weighted by Gasteiger charge is 2.19. The van der Waals surface area contributed by atoms with Crippen molar-refractivity contribution in [3.8, 4) is 5.75 Å². The van der Waals surface area contributed by atoms with Crippen LogP contribution in [0.1, 0.15) is 24.5 Å². The van der Waals surface area contributed by atoms with E-state index in [9.17, 15) is 0 Å². The Labute approximate surface area is 108 Å². The number of benzene rings is 1. The number of nitrogens with one attached hydrogen (secondary N) is 1. The first-order valence-electron chi connectivity index (χ1n) is 6.63. The van der Waals surface area contributed by atoms with Crippen molar-refractivity contribution in [1.29, 1.82) is 0 Å². The third kappa shape index (κ3) is 1.89. The molecule has 3 rings (SSSR count). The molecule has 0 aliphatic carbocycles. The van der Waals surface area contributed by atoms with Gasteiger partial charge in [-0.3, -0.25) is 0 Å². The fraction of sp³-hybridized carbons (Fsp3) is 0.467. The molecule has 0 amide bonds. The summed E-state index contributed by atoms with van der Waals surface area (Å²) < 4.78 is 7.62. The summed E-state index contributed by atoms with van der Waals surface area (Å²) in [6.07, 6.45) is 2.56. The summed E-state index contributed by atoms with van der Waals surface area (Å²) in [6.45, 7) is 2.26. The Kier molecular flexibility index (Phi) is 3.00. The Morgan fingerprint density at radius 3 is 2.94 bits per heavy atom. The topological polar surface area (TPSA) is 26.2 Å². The van der Waals surface area contributed by atoms with Crippen LogP contribution >= 0.6 is 0 Å². The van der Waals surface area contributed by atoms with Crippen molar-refractivity contribution in [3.05, 3.63) is 30.0 Å². The second kappa shape index (κ2) is 4.65. The van der Waals surface area contributed by atoms with Gasteiger partial charge in [-0.15, -0.1) is 0 Å². The third-order valence-electron chi connectivity index (χ3n) is 4.00. The number of aryl methyl sites for hydroxylation is 1. The van der Waals surface area contributed by atoms with E-state index in [1.165, 1.54) is 29.4 Å². The molecule has 0 spiro atoms. The number of piperidine rings is 1. The third-order valence-corrected chi connectivity index (χ3v) is 4.00. The van der Waals surface area contributed by atoms with Crippen LogP contribution in [-0.4, -0.2) is 24.8 Å². The standard InChI is InChI=1S/C15H20N2O/c1-17-14-6-5-13(18-2)8-12(14)9-15(17)11-4-3-7-16-10-11/h5-6,8-9,11,16H,3-4,7,10H2,1-2H3. The van der Waals surface area contributed by atoms with E-state index in [0.29, 0.717) is 5.92 Å². The zero-order valence-corrected chi connectivity index (χ0v) is 11.1. The Hall–Kier alpha value is -1.48. The average Bonchev–Trinajstić information content (AvgIpc) is 2.76. The molecular weight excluding hydrogens is 224 g/mol. The summed E-state index contributed by atoms with van der Waals surface area (Å²) >= 11 is 0. The second-order valence-corrected chi connectivity index (χ2v) is 5.10. The molecule has 1 unspecified atom stereocenters. The first-order valence-corrected chi connectivity index (χ1v) is 6.63. The number of methoxy groups -OCH3 is 1. The van der Waals surface area contributed by atoms with E-state index >= 15 is 0 Å². The molecule has 0 bridgehead atoms. The van der Waals surface area contributed by atoms with Gasteiger partial charge < -0.3 is 14.6 Å². The van der Waals surface area contributed by atoms with Gasteiger partial charge in [0.2, 0.25) is 0 Å². The van der Waals surface area contributed by atoms with E-state index in [0.717, 1.165) is 18.8 Å². The molecule has 1 aromatic heterocycles. The van der Waals surface area contributed by atoms with E-state index in [-0.39, 0.29) is 0 Å². The summed E-state index contributed by atoms with van der Waals surface area (Å²) in [5, 5.41) is 4.76. The maximum Gasteiger partial charge on any atom is 0.119 e. The molecule has 1 fully saturated rings. The number of nitrogens with zero attached hydrogens (tertiary/aromatic N) is 1. The summed E-state index contributed by atoms with van der Waals surface area (Å²) in [6, 6.07) is 8.61. The van der Waals surface area contributed by atoms with E-state index in [1.807, 2.05) is 6.07 Å². The Morgan fingerprint density at radius 2 is 2.22 bits per heavy atom. The largest absolute Gasteiger partial charge is 0.497 e. The molecule has 2 heterocycles. The summed E-state index contributed by atoms with van der Waals surface area (Å²) in [4.78, 5) is 0. The van der Waals surface area contributed by atoms with Gasteiger partial charge in [-0.2, -0.15) is 0 Å². The lowest BCUT2D eigenvalue weighted by Crippen LogP contribution is -2.29. The maximum atomic E-state index is 5.30. The van der Waals surface area contributed by atoms with Gasteiger partial charge in [0.05, 0.1) is 7.11 Å². The molecule has 0 saturated carbocycles. The van der Waals surface area contributed by atoms with Gasteiger partial charge >= 0.3 is 0 Å². The molecule has 1 aliphatic rings. The molecule has 2 aromatic rings. The minimum atomic E-state index is 0.641. The quantitative estimate of drug-likeness (QED) is 0.879. The van der Waals surface area contributed by atoms with E-state index in [1.54, 1.807) is 7.11 Å². The van der Waals surface area contributed by atoms with Crippen molar-refractivity contribution in [3.63, 3.8) is 0 Å². The molecule has 3 nitrogen and oxygen atoms in total. The van der Waals surface area contributed by atoms with Gasteiger partial charge in [0.15, 0.2) is 0 Å². The summed E-state index contributed by atoms with van der Waals surface area (Å²) in [7, 11) is 3.88. The van der Waals surface area contributed by atoms with Gasteiger partial charge in [0.25, 0.3) is 0 Å². The van der Waals surface area contributed by atoms with E-state index in [2.05, 4.69) is 35.1 Å². The molecule has 1 saturated heterocycles. The van der Waals surface area contributed by atoms with Gasteiger partial charge in [-0.25, -0.2) is 0 Å². The summed E-state index contributed by atoms with van der Waals surface area (Å²) in [5.74, 6) is 1.57. The molecule has 3 heteroatoms. The number of rotatable bonds is 2. The minimum absolute atomic E-state index is 0.641. The molecule has 18 heavy (non-hydrogen) atoms. The van der Waals surface area contributed by atoms with Crippen LogP contribution in [0, 0.1) is 0 Å². The average molecular weight is 244 g/mol. The van der Waals surface area contributed by atoms with Crippen molar-refractivity contribution in [2.45, 2.75) is 18.8 Å². The first kappa shape index (κ1) is 11.6. The van der Waals surface area contributed by atoms with Crippen LogP contribution in [0.25, 0.3) is 10.9 Å². The smallest absolute Gasteiger partial charge is 0.119 e. The van der Waals surface area contributed by atoms with Crippen molar-refractivity contribution >= 4 is 10.9 Å². The fourth-order valence-corrected chi connectivity index (χ4v) is 2.97. The van der Waals surface area contributed by atoms with Crippen LogP contribution < -0.4 is 10.1 Å². The van der Waals surface area contributed by atoms with Crippen LogP contribution in [0.15, 0.2) is 24.3 Å². The number of ether oxygens (including phenoxy) is 1. The van der Waals surface area contributed by atoms with Crippen LogP contribution in [0.5, 0.6) is 5.75 Å². The maximum absolute atomic E-state index is 5.30. The number of hydrogen-bond donors (Lipinski definition) is 1. The number of aromatic nitrogens is 1. The van der Waals surface area contributed by atoms with Crippen LogP contribution in [0.4, 0.5) is 0 Å². The predicted octanol–water partition coefficient (Wildman–Crippen LogP) is 2.65. The zero-order chi connectivity index (χ0) is 12.5. The highest BCUT2D eigenvalue weighted by Crippen LogP contribution is 2.30. The van der Waals surface area contributed by atoms with Crippen LogP contribution in [0.2, 0.25) is 0 Å². The molecule has 1 atom stereocenters. The molecule has 1 aromatic carbocycles. The van der Waals surface area contributed by atoms with E-state index in [4.69, 9.17) is 4.74 Å². The SMILES string of the molecule is COc1ccc2c(c1)cc(C1CCCNC1)n2C. The van der Waals surface area contributed by atoms with Gasteiger partial charge in [0, 0.05) is 36.1 Å². The molecule has 0 radical (unpaired) electrons. The first-order chi connectivity index (χ1) is 8.79. The predicted molar refractivity (Wildman–Crippen MR) is 74.3 cm³/mol. The Balaban J connectivity index is 2.04. The summed E-state index contributed by atoms with van der Waals surface area (Å²) in [5.41, 5.74) is 2.72. The Morgan fingerprint density at radius 1 is 1.33 bits per heavy atom. The fourth-order valence-electron chi connectivity index (χ4n) is 2.97. The van der Waals surface area contributed by atoms with Crippen LogP contribution in [0.3, 0.4) is 0 Å². The number of fused-ring (bicyclic) bond motifs is 1. The van der Waals surface area contributed by atoms with Crippen molar-refractivity contribution in [2.24, 2.45) is 7.05 Å². The normalized spacial score (nSPS) is 20.2. The minimum Gasteiger partial charge on any atom is -0.497 e. The van der Waals surface area contributed by atoms with Gasteiger partial charge in [-0.05, 0) is 43.7 Å².